The maximum Gasteiger partial charge on any atom is 0.357 e. The van der Waals surface area contributed by atoms with Gasteiger partial charge in [-0.25, -0.2) is 0 Å². The predicted molar refractivity (Wildman–Crippen MR) is 54.5 cm³/mol. The minimum Gasteiger partial charge on any atom is -0.286 e. The summed E-state index contributed by atoms with van der Waals surface area (Å²) in [6.45, 7) is 1.63. The number of hydrogen-bond donors (Lipinski definition) is 0. The molecule has 0 aliphatic carbocycles. The zero-order valence-electron chi connectivity index (χ0n) is 6.85. The van der Waals surface area contributed by atoms with E-state index in [1.807, 2.05) is 0 Å². The van der Waals surface area contributed by atoms with Crippen LogP contribution in [0.3, 0.4) is 0 Å². The zero-order chi connectivity index (χ0) is 10.1. The molecule has 0 spiro atoms. The van der Waals surface area contributed by atoms with Crippen LogP contribution in [0.1, 0.15) is 15.9 Å². The van der Waals surface area contributed by atoms with E-state index >= 15 is 0 Å². The topological polar surface area (TPSA) is 17.1 Å². The van der Waals surface area contributed by atoms with Crippen molar-refractivity contribution in [2.45, 2.75) is 10.9 Å². The molecule has 0 N–H and O–H groups in total. The second kappa shape index (κ2) is 3.69. The van der Waals surface area contributed by atoms with E-state index < -0.39 is 9.71 Å². The fraction of sp³-hybridized carbons (Fsp3) is 0.222. The van der Waals surface area contributed by atoms with Crippen LogP contribution in [-0.4, -0.2) is 9.71 Å². The van der Waals surface area contributed by atoms with Gasteiger partial charge in [0, 0.05) is 28.2 Å². The van der Waals surface area contributed by atoms with Crippen molar-refractivity contribution >= 4 is 28.4 Å². The summed E-state index contributed by atoms with van der Waals surface area (Å²) in [5.41, 5.74) is 0.658. The maximum absolute atomic E-state index is 12.6. The Labute approximate surface area is 88.3 Å². The van der Waals surface area contributed by atoms with E-state index in [-0.39, 0.29) is 5.56 Å². The van der Waals surface area contributed by atoms with Crippen molar-refractivity contribution in [1.29, 1.82) is 0 Å². The van der Waals surface area contributed by atoms with Crippen LogP contribution in [0.4, 0.5) is 8.78 Å². The molecular weight excluding hydrogens is 289 g/mol. The number of aryl methyl sites for hydroxylation is 1. The fourth-order valence-electron chi connectivity index (χ4n) is 0.980. The second-order valence-electron chi connectivity index (χ2n) is 2.64. The number of Topliss-reactive ketones (excluding diaryl/α,β-unsaturated/α-hetero) is 1. The van der Waals surface area contributed by atoms with Crippen LogP contribution in [0, 0.1) is 6.92 Å². The summed E-state index contributed by atoms with van der Waals surface area (Å²) >= 11 is 0.840. The molecule has 13 heavy (non-hydrogen) atoms. The van der Waals surface area contributed by atoms with Gasteiger partial charge in [0.25, 0.3) is 0 Å². The average molecular weight is 296 g/mol. The van der Waals surface area contributed by atoms with Crippen molar-refractivity contribution < 1.29 is 13.6 Å². The van der Waals surface area contributed by atoms with Gasteiger partial charge in [-0.3, -0.25) is 4.79 Å². The molecule has 0 saturated carbocycles. The van der Waals surface area contributed by atoms with Gasteiger partial charge in [-0.2, -0.15) is 8.78 Å². The summed E-state index contributed by atoms with van der Waals surface area (Å²) < 4.78 is 21.9. The van der Waals surface area contributed by atoms with E-state index in [0.717, 1.165) is 22.6 Å². The Balaban J connectivity index is 3.10. The molecule has 0 atom stereocenters. The molecule has 0 amide bonds. The minimum absolute atomic E-state index is 0.0851. The van der Waals surface area contributed by atoms with Crippen LogP contribution in [0.2, 0.25) is 0 Å². The fourth-order valence-corrected chi connectivity index (χ4v) is 1.27. The summed E-state index contributed by atoms with van der Waals surface area (Å²) in [4.78, 5) is 11.1. The average Bonchev–Trinajstić information content (AvgIpc) is 2.02. The lowest BCUT2D eigenvalue weighted by atomic mass is 10.1. The summed E-state index contributed by atoms with van der Waals surface area (Å²) in [5, 5.41) is 0. The first kappa shape index (κ1) is 10.6. The van der Waals surface area contributed by atoms with Gasteiger partial charge in [0.1, 0.15) is 0 Å². The first-order valence-electron chi connectivity index (χ1n) is 3.60. The van der Waals surface area contributed by atoms with Crippen LogP contribution in [0.5, 0.6) is 0 Å². The molecule has 0 radical (unpaired) electrons. The smallest absolute Gasteiger partial charge is 0.286 e. The van der Waals surface area contributed by atoms with Gasteiger partial charge in [0.15, 0.2) is 0 Å². The number of carbonyl (C=O) groups is 1. The largest absolute Gasteiger partial charge is 0.357 e. The monoisotopic (exact) mass is 296 g/mol. The van der Waals surface area contributed by atoms with Crippen molar-refractivity contribution in [3.8, 4) is 0 Å². The molecule has 0 heterocycles. The third-order valence-corrected chi connectivity index (χ3v) is 2.14. The van der Waals surface area contributed by atoms with E-state index in [2.05, 4.69) is 0 Å². The van der Waals surface area contributed by atoms with Crippen molar-refractivity contribution in [3.05, 3.63) is 35.4 Å². The summed E-state index contributed by atoms with van der Waals surface area (Å²) in [7, 11) is 0. The van der Waals surface area contributed by atoms with Gasteiger partial charge in [0.05, 0.1) is 0 Å². The molecule has 0 saturated heterocycles. The third-order valence-electron chi connectivity index (χ3n) is 1.65. The van der Waals surface area contributed by atoms with Crippen molar-refractivity contribution in [3.63, 3.8) is 0 Å². The van der Waals surface area contributed by atoms with Gasteiger partial charge in [0.2, 0.25) is 5.78 Å². The first-order valence-corrected chi connectivity index (χ1v) is 4.68. The number of hydrogen-bond acceptors (Lipinski definition) is 1. The van der Waals surface area contributed by atoms with Crippen LogP contribution in [0.25, 0.3) is 0 Å². The number of ketones is 1. The summed E-state index contributed by atoms with van der Waals surface area (Å²) in [6, 6.07) is 6.32. The minimum atomic E-state index is -3.32. The standard InChI is InChI=1S/C9H7F2IO/c1-6-4-2-3-5-7(6)8(13)9(10,11)12/h2-5H,1H3. The van der Waals surface area contributed by atoms with E-state index in [1.54, 1.807) is 25.1 Å². The molecule has 0 unspecified atom stereocenters. The lowest BCUT2D eigenvalue weighted by Crippen LogP contribution is -2.21. The number of alkyl halides is 3. The molecule has 1 rings (SSSR count). The van der Waals surface area contributed by atoms with Gasteiger partial charge in [-0.1, -0.05) is 24.3 Å². The highest BCUT2D eigenvalue weighted by molar-refractivity contribution is 14.1. The molecule has 0 bridgehead atoms. The zero-order valence-corrected chi connectivity index (χ0v) is 9.01. The molecule has 1 aromatic carbocycles. The molecule has 0 aromatic heterocycles. The quantitative estimate of drug-likeness (QED) is 0.465. The molecule has 70 valence electrons. The number of halogens is 3. The lowest BCUT2D eigenvalue weighted by molar-refractivity contribution is 0.0626. The normalized spacial score (nSPS) is 11.4. The number of carbonyl (C=O) groups excluding carboxylic acids is 1. The third kappa shape index (κ3) is 2.46. The van der Waals surface area contributed by atoms with Gasteiger partial charge >= 0.3 is 3.93 Å². The van der Waals surface area contributed by atoms with Crippen LogP contribution in [0.15, 0.2) is 24.3 Å². The van der Waals surface area contributed by atoms with Crippen molar-refractivity contribution in [2.24, 2.45) is 0 Å². The molecule has 0 aliphatic heterocycles. The van der Waals surface area contributed by atoms with E-state index in [9.17, 15) is 13.6 Å². The van der Waals surface area contributed by atoms with Crippen LogP contribution < -0.4 is 0 Å². The Hall–Kier alpha value is -0.520. The Morgan fingerprint density at radius 3 is 2.38 bits per heavy atom. The first-order chi connectivity index (χ1) is 5.93. The van der Waals surface area contributed by atoms with Gasteiger partial charge < -0.3 is 0 Å². The highest BCUT2D eigenvalue weighted by Crippen LogP contribution is 2.28. The lowest BCUT2D eigenvalue weighted by Gasteiger charge is -2.08. The molecule has 4 heteroatoms. The van der Waals surface area contributed by atoms with Crippen LogP contribution >= 0.6 is 22.6 Å². The molecule has 1 nitrogen and oxygen atoms in total. The maximum atomic E-state index is 12.6. The highest BCUT2D eigenvalue weighted by Gasteiger charge is 2.36. The Morgan fingerprint density at radius 2 is 1.92 bits per heavy atom. The highest BCUT2D eigenvalue weighted by atomic mass is 127. The summed E-state index contributed by atoms with van der Waals surface area (Å²) in [6.07, 6.45) is 0. The molecule has 1 aromatic rings. The van der Waals surface area contributed by atoms with E-state index in [4.69, 9.17) is 0 Å². The van der Waals surface area contributed by atoms with E-state index in [0.29, 0.717) is 5.56 Å². The summed E-state index contributed by atoms with van der Waals surface area (Å²) in [5.74, 6) is -1.13. The molecule has 0 aliphatic rings. The van der Waals surface area contributed by atoms with Gasteiger partial charge in [-0.05, 0) is 12.5 Å². The Morgan fingerprint density at radius 1 is 1.38 bits per heavy atom. The second-order valence-corrected chi connectivity index (χ2v) is 4.00. The molecule has 0 fully saturated rings. The predicted octanol–water partition coefficient (Wildman–Crippen LogP) is 3.21. The SMILES string of the molecule is Cc1ccccc1C(=O)C(F)(F)I. The van der Waals surface area contributed by atoms with Crippen molar-refractivity contribution in [1.82, 2.24) is 0 Å². The number of benzene rings is 1. The Kier molecular flexibility index (Phi) is 3.00. The van der Waals surface area contributed by atoms with Gasteiger partial charge in [-0.15, -0.1) is 0 Å². The molecular formula is C9H7F2IO. The number of rotatable bonds is 2. The van der Waals surface area contributed by atoms with E-state index in [1.165, 1.54) is 6.07 Å². The van der Waals surface area contributed by atoms with Crippen LogP contribution in [-0.2, 0) is 0 Å². The van der Waals surface area contributed by atoms with Crippen molar-refractivity contribution in [2.75, 3.05) is 0 Å². The Bertz CT molecular complexity index is 331.